The first-order chi connectivity index (χ1) is 13.9. The number of carbonyl (C=O) groups is 2. The summed E-state index contributed by atoms with van der Waals surface area (Å²) >= 11 is 16.6. The van der Waals surface area contributed by atoms with Crippen LogP contribution < -0.4 is 4.74 Å². The second kappa shape index (κ2) is 10.00. The first-order valence-corrected chi connectivity index (χ1v) is 10.9. The minimum absolute atomic E-state index is 0.223. The third-order valence-electron chi connectivity index (χ3n) is 4.01. The number of carbonyl (C=O) groups excluding carboxylic acids is 2. The van der Waals surface area contributed by atoms with Crippen molar-refractivity contribution < 1.29 is 19.1 Å². The minimum Gasteiger partial charge on any atom is -0.486 e. The Balaban J connectivity index is 1.75. The molecule has 1 heterocycles. The van der Waals surface area contributed by atoms with Crippen molar-refractivity contribution in [3.05, 3.63) is 66.9 Å². The van der Waals surface area contributed by atoms with Crippen molar-refractivity contribution in [2.75, 3.05) is 20.3 Å². The Kier molecular flexibility index (Phi) is 7.65. The van der Waals surface area contributed by atoms with Crippen LogP contribution in [0, 0.1) is 0 Å². The Hall–Kier alpha value is -1.51. The van der Waals surface area contributed by atoms with Crippen LogP contribution in [0.25, 0.3) is 6.08 Å². The summed E-state index contributed by atoms with van der Waals surface area (Å²) < 4.78 is 11.4. The topological polar surface area (TPSA) is 55.8 Å². The fourth-order valence-electron chi connectivity index (χ4n) is 2.56. The number of amides is 2. The van der Waals surface area contributed by atoms with E-state index in [9.17, 15) is 9.59 Å². The molecule has 9 heteroatoms. The molecule has 1 aliphatic heterocycles. The molecule has 1 saturated heterocycles. The van der Waals surface area contributed by atoms with Gasteiger partial charge < -0.3 is 9.47 Å². The predicted molar refractivity (Wildman–Crippen MR) is 119 cm³/mol. The van der Waals surface area contributed by atoms with E-state index in [1.54, 1.807) is 30.3 Å². The summed E-state index contributed by atoms with van der Waals surface area (Å²) in [6.07, 6.45) is 1.64. The summed E-state index contributed by atoms with van der Waals surface area (Å²) in [7, 11) is 1.52. The molecule has 0 radical (unpaired) electrons. The molecule has 0 bridgehead atoms. The molecule has 152 valence electrons. The van der Waals surface area contributed by atoms with Crippen LogP contribution in [0.4, 0.5) is 4.79 Å². The van der Waals surface area contributed by atoms with Gasteiger partial charge in [0.25, 0.3) is 11.1 Å². The van der Waals surface area contributed by atoms with Gasteiger partial charge >= 0.3 is 0 Å². The lowest BCUT2D eigenvalue weighted by atomic mass is 10.2. The van der Waals surface area contributed by atoms with Crippen LogP contribution in [-0.4, -0.2) is 36.3 Å². The van der Waals surface area contributed by atoms with E-state index < -0.39 is 0 Å². The molecular weight excluding hydrogens is 501 g/mol. The van der Waals surface area contributed by atoms with E-state index in [1.165, 1.54) is 12.0 Å². The van der Waals surface area contributed by atoms with E-state index in [1.807, 2.05) is 12.1 Å². The maximum atomic E-state index is 12.4. The highest BCUT2D eigenvalue weighted by atomic mass is 79.9. The average Bonchev–Trinajstić information content (AvgIpc) is 2.94. The molecule has 0 spiro atoms. The number of halogens is 3. The molecule has 0 atom stereocenters. The Morgan fingerprint density at radius 3 is 2.55 bits per heavy atom. The van der Waals surface area contributed by atoms with Crippen molar-refractivity contribution in [1.29, 1.82) is 0 Å². The fourth-order valence-corrected chi connectivity index (χ4v) is 4.54. The van der Waals surface area contributed by atoms with Gasteiger partial charge in [-0.3, -0.25) is 14.5 Å². The molecular formula is C20H16BrCl2NO4S. The quantitative estimate of drug-likeness (QED) is 0.421. The molecule has 5 nitrogen and oxygen atoms in total. The van der Waals surface area contributed by atoms with E-state index in [2.05, 4.69) is 15.9 Å². The molecule has 0 saturated carbocycles. The molecule has 0 aliphatic carbocycles. The Bertz CT molecular complexity index is 942. The van der Waals surface area contributed by atoms with Crippen LogP contribution >= 0.6 is 50.9 Å². The first-order valence-electron chi connectivity index (χ1n) is 8.49. The molecule has 0 N–H and O–H groups in total. The van der Waals surface area contributed by atoms with Crippen molar-refractivity contribution in [3.63, 3.8) is 0 Å². The number of nitrogens with zero attached hydrogens (tertiary/aromatic N) is 1. The number of hydrogen-bond donors (Lipinski definition) is 0. The molecule has 2 amide bonds. The third kappa shape index (κ3) is 5.55. The number of hydrogen-bond acceptors (Lipinski definition) is 5. The zero-order chi connectivity index (χ0) is 21.0. The van der Waals surface area contributed by atoms with Gasteiger partial charge in [-0.2, -0.15) is 0 Å². The van der Waals surface area contributed by atoms with Crippen molar-refractivity contribution in [3.8, 4) is 5.75 Å². The smallest absolute Gasteiger partial charge is 0.293 e. The predicted octanol–water partition coefficient (Wildman–Crippen LogP) is 6.02. The fraction of sp³-hybridized carbons (Fsp3) is 0.200. The molecule has 1 aliphatic rings. The molecule has 29 heavy (non-hydrogen) atoms. The van der Waals surface area contributed by atoms with Gasteiger partial charge in [0.05, 0.1) is 27.6 Å². The minimum atomic E-state index is -0.340. The van der Waals surface area contributed by atoms with Crippen molar-refractivity contribution in [1.82, 2.24) is 4.90 Å². The lowest BCUT2D eigenvalue weighted by molar-refractivity contribution is -0.123. The van der Waals surface area contributed by atoms with Crippen LogP contribution in [0.15, 0.2) is 45.8 Å². The summed E-state index contributed by atoms with van der Waals surface area (Å²) in [4.78, 5) is 26.0. The second-order valence-corrected chi connectivity index (χ2v) is 8.75. The lowest BCUT2D eigenvalue weighted by Crippen LogP contribution is -2.31. The van der Waals surface area contributed by atoms with Gasteiger partial charge in [0.1, 0.15) is 6.61 Å². The third-order valence-corrected chi connectivity index (χ3v) is 6.04. The zero-order valence-electron chi connectivity index (χ0n) is 15.3. The Morgan fingerprint density at radius 1 is 1.17 bits per heavy atom. The molecule has 2 aromatic carbocycles. The monoisotopic (exact) mass is 515 g/mol. The van der Waals surface area contributed by atoms with Gasteiger partial charge in [-0.25, -0.2) is 0 Å². The molecule has 2 aromatic rings. The Labute approximate surface area is 191 Å². The van der Waals surface area contributed by atoms with Gasteiger partial charge in [0, 0.05) is 12.1 Å². The van der Waals surface area contributed by atoms with Crippen molar-refractivity contribution in [2.45, 2.75) is 6.61 Å². The maximum absolute atomic E-state index is 12.4. The van der Waals surface area contributed by atoms with E-state index in [0.29, 0.717) is 43.9 Å². The second-order valence-electron chi connectivity index (χ2n) is 6.05. The number of methoxy groups -OCH3 is 1. The van der Waals surface area contributed by atoms with Crippen LogP contribution in [0.5, 0.6) is 5.75 Å². The number of benzene rings is 2. The molecule has 0 aromatic heterocycles. The molecule has 0 unspecified atom stereocenters. The molecule has 1 fully saturated rings. The number of thioether (sulfide) groups is 1. The van der Waals surface area contributed by atoms with E-state index >= 15 is 0 Å². The lowest BCUT2D eigenvalue weighted by Gasteiger charge is -2.12. The summed E-state index contributed by atoms with van der Waals surface area (Å²) in [5.74, 6) is 0.152. The van der Waals surface area contributed by atoms with Gasteiger partial charge in [-0.05, 0) is 69.2 Å². The van der Waals surface area contributed by atoms with Gasteiger partial charge in [-0.15, -0.1) is 0 Å². The maximum Gasteiger partial charge on any atom is 0.293 e. The standard InChI is InChI=1S/C20H16BrCl2NO4S/c1-27-7-6-24-19(25)17(29-20(24)26)10-13-8-15(21)18(16(23)9-13)28-11-12-2-4-14(22)5-3-12/h2-5,8-10H,6-7,11H2,1H3/b17-10+. The van der Waals surface area contributed by atoms with Crippen LogP contribution in [0.1, 0.15) is 11.1 Å². The Morgan fingerprint density at radius 2 is 1.90 bits per heavy atom. The normalized spacial score (nSPS) is 15.4. The number of imide groups is 1. The number of ether oxygens (including phenoxy) is 2. The highest BCUT2D eigenvalue weighted by Gasteiger charge is 2.34. The SMILES string of the molecule is COCCN1C(=O)S/C(=C/c2cc(Cl)c(OCc3ccc(Cl)cc3)c(Br)c2)C1=O. The van der Waals surface area contributed by atoms with E-state index in [0.717, 1.165) is 17.3 Å². The summed E-state index contributed by atoms with van der Waals surface area (Å²) in [5.41, 5.74) is 1.63. The number of rotatable bonds is 7. The first kappa shape index (κ1) is 22.2. The highest BCUT2D eigenvalue weighted by Crippen LogP contribution is 2.38. The van der Waals surface area contributed by atoms with Crippen LogP contribution in [0.2, 0.25) is 10.0 Å². The summed E-state index contributed by atoms with van der Waals surface area (Å²) in [6, 6.07) is 10.8. The highest BCUT2D eigenvalue weighted by molar-refractivity contribution is 9.10. The summed E-state index contributed by atoms with van der Waals surface area (Å²) in [6.45, 7) is 0.843. The zero-order valence-corrected chi connectivity index (χ0v) is 19.2. The molecule has 3 rings (SSSR count). The average molecular weight is 517 g/mol. The van der Waals surface area contributed by atoms with Crippen LogP contribution in [0.3, 0.4) is 0 Å². The van der Waals surface area contributed by atoms with Gasteiger partial charge in [0.2, 0.25) is 0 Å². The van der Waals surface area contributed by atoms with E-state index in [-0.39, 0.29) is 17.7 Å². The van der Waals surface area contributed by atoms with Crippen LogP contribution in [-0.2, 0) is 16.1 Å². The summed E-state index contributed by atoms with van der Waals surface area (Å²) in [5, 5.41) is 0.730. The van der Waals surface area contributed by atoms with Gasteiger partial charge in [0.15, 0.2) is 5.75 Å². The van der Waals surface area contributed by atoms with Gasteiger partial charge in [-0.1, -0.05) is 35.3 Å². The largest absolute Gasteiger partial charge is 0.486 e. The van der Waals surface area contributed by atoms with Crippen molar-refractivity contribution >= 4 is 68.1 Å². The van der Waals surface area contributed by atoms with Crippen molar-refractivity contribution in [2.24, 2.45) is 0 Å². The van der Waals surface area contributed by atoms with E-state index in [4.69, 9.17) is 32.7 Å².